The molecule has 2 heteroatoms. The Labute approximate surface area is 104 Å². The number of hydrogen-bond acceptors (Lipinski definition) is 2. The number of hydrogen-bond donors (Lipinski definition) is 0. The summed E-state index contributed by atoms with van der Waals surface area (Å²) < 4.78 is 0. The average Bonchev–Trinajstić information content (AvgIpc) is 2.39. The minimum absolute atomic E-state index is 0.609. The van der Waals surface area contributed by atoms with Gasteiger partial charge in [0.2, 0.25) is 0 Å². The van der Waals surface area contributed by atoms with Crippen molar-refractivity contribution in [3.05, 3.63) is 29.3 Å². The van der Waals surface area contributed by atoms with Gasteiger partial charge >= 0.3 is 0 Å². The molecular weight excluding hydrogens is 208 g/mol. The molecule has 0 radical (unpaired) electrons. The molecule has 0 bridgehead atoms. The number of aryl methyl sites for hydroxylation is 1. The van der Waals surface area contributed by atoms with Crippen molar-refractivity contribution in [2.75, 3.05) is 11.9 Å². The van der Waals surface area contributed by atoms with Crippen molar-refractivity contribution in [1.82, 2.24) is 0 Å². The van der Waals surface area contributed by atoms with Crippen LogP contribution in [-0.2, 0) is 0 Å². The first kappa shape index (κ1) is 12.0. The molecule has 1 aromatic carbocycles. The summed E-state index contributed by atoms with van der Waals surface area (Å²) in [4.78, 5) is 2.31. The van der Waals surface area contributed by atoms with Crippen molar-refractivity contribution in [3.8, 4) is 6.07 Å². The van der Waals surface area contributed by atoms with Crippen molar-refractivity contribution in [2.24, 2.45) is 0 Å². The zero-order chi connectivity index (χ0) is 12.3. The van der Waals surface area contributed by atoms with Crippen molar-refractivity contribution < 1.29 is 0 Å². The minimum Gasteiger partial charge on any atom is -0.371 e. The zero-order valence-electron chi connectivity index (χ0n) is 10.7. The molecule has 1 fully saturated rings. The lowest BCUT2D eigenvalue weighted by Crippen LogP contribution is -2.33. The van der Waals surface area contributed by atoms with Crippen LogP contribution in [0.25, 0.3) is 0 Å². The first-order chi connectivity index (χ1) is 8.22. The predicted molar refractivity (Wildman–Crippen MR) is 71.2 cm³/mol. The molecule has 0 N–H and O–H groups in total. The largest absolute Gasteiger partial charge is 0.371 e. The van der Waals surface area contributed by atoms with Crippen LogP contribution in [0, 0.1) is 18.3 Å². The van der Waals surface area contributed by atoms with Crippen LogP contribution in [0.5, 0.6) is 0 Å². The first-order valence-corrected chi connectivity index (χ1v) is 6.46. The van der Waals surface area contributed by atoms with Gasteiger partial charge in [-0.05, 0) is 37.5 Å². The van der Waals surface area contributed by atoms with Crippen molar-refractivity contribution in [3.63, 3.8) is 0 Å². The Balaban J connectivity index is 2.25. The Morgan fingerprint density at radius 1 is 1.24 bits per heavy atom. The van der Waals surface area contributed by atoms with Crippen LogP contribution >= 0.6 is 0 Å². The SMILES string of the molecule is Cc1ccc(C#N)c(N(C)C2CCCCC2)c1. The molecule has 0 aromatic heterocycles. The van der Waals surface area contributed by atoms with E-state index in [1.165, 1.54) is 37.7 Å². The van der Waals surface area contributed by atoms with Crippen LogP contribution in [0.1, 0.15) is 43.2 Å². The molecule has 0 spiro atoms. The van der Waals surface area contributed by atoms with Gasteiger partial charge < -0.3 is 4.90 Å². The van der Waals surface area contributed by atoms with Crippen LogP contribution in [0.4, 0.5) is 5.69 Å². The molecule has 0 amide bonds. The Bertz CT molecular complexity index is 425. The van der Waals surface area contributed by atoms with Crippen LogP contribution < -0.4 is 4.90 Å². The summed E-state index contributed by atoms with van der Waals surface area (Å²) in [6, 6.07) is 8.99. The fraction of sp³-hybridized carbons (Fsp3) is 0.533. The molecule has 17 heavy (non-hydrogen) atoms. The monoisotopic (exact) mass is 228 g/mol. The highest BCUT2D eigenvalue weighted by Crippen LogP contribution is 2.28. The second kappa shape index (κ2) is 5.23. The zero-order valence-corrected chi connectivity index (χ0v) is 10.7. The summed E-state index contributed by atoms with van der Waals surface area (Å²) >= 11 is 0. The Morgan fingerprint density at radius 3 is 2.59 bits per heavy atom. The second-order valence-electron chi connectivity index (χ2n) is 5.04. The van der Waals surface area contributed by atoms with E-state index < -0.39 is 0 Å². The van der Waals surface area contributed by atoms with Gasteiger partial charge in [-0.15, -0.1) is 0 Å². The maximum atomic E-state index is 9.18. The lowest BCUT2D eigenvalue weighted by atomic mass is 9.93. The van der Waals surface area contributed by atoms with E-state index in [9.17, 15) is 5.26 Å². The third-order valence-electron chi connectivity index (χ3n) is 3.78. The smallest absolute Gasteiger partial charge is 0.101 e. The van der Waals surface area contributed by atoms with E-state index in [0.29, 0.717) is 6.04 Å². The van der Waals surface area contributed by atoms with E-state index in [2.05, 4.69) is 31.0 Å². The third-order valence-corrected chi connectivity index (χ3v) is 3.78. The van der Waals surface area contributed by atoms with E-state index in [0.717, 1.165) is 11.3 Å². The number of nitriles is 1. The summed E-state index contributed by atoms with van der Waals surface area (Å²) in [6.07, 6.45) is 6.53. The van der Waals surface area contributed by atoms with Gasteiger partial charge in [0.1, 0.15) is 6.07 Å². The van der Waals surface area contributed by atoms with Gasteiger partial charge in [-0.1, -0.05) is 25.3 Å². The fourth-order valence-electron chi connectivity index (χ4n) is 2.69. The third kappa shape index (κ3) is 2.61. The second-order valence-corrected chi connectivity index (χ2v) is 5.04. The fourth-order valence-corrected chi connectivity index (χ4v) is 2.69. The summed E-state index contributed by atoms with van der Waals surface area (Å²) in [5.41, 5.74) is 3.12. The number of nitrogens with zero attached hydrogens (tertiary/aromatic N) is 2. The van der Waals surface area contributed by atoms with Gasteiger partial charge in [0.15, 0.2) is 0 Å². The maximum Gasteiger partial charge on any atom is 0.101 e. The van der Waals surface area contributed by atoms with E-state index in [-0.39, 0.29) is 0 Å². The minimum atomic E-state index is 0.609. The molecule has 0 atom stereocenters. The van der Waals surface area contributed by atoms with Crippen molar-refractivity contribution >= 4 is 5.69 Å². The molecule has 2 nitrogen and oxygen atoms in total. The van der Waals surface area contributed by atoms with E-state index in [1.54, 1.807) is 0 Å². The topological polar surface area (TPSA) is 27.0 Å². The average molecular weight is 228 g/mol. The number of anilines is 1. The summed E-state index contributed by atoms with van der Waals surface area (Å²) in [5, 5.41) is 9.18. The van der Waals surface area contributed by atoms with Gasteiger partial charge in [0, 0.05) is 13.1 Å². The summed E-state index contributed by atoms with van der Waals surface area (Å²) in [6.45, 7) is 2.08. The van der Waals surface area contributed by atoms with Crippen molar-refractivity contribution in [1.29, 1.82) is 5.26 Å². The van der Waals surface area contributed by atoms with Gasteiger partial charge in [-0.25, -0.2) is 0 Å². The molecule has 0 heterocycles. The van der Waals surface area contributed by atoms with E-state index in [1.807, 2.05) is 12.1 Å². The van der Waals surface area contributed by atoms with Gasteiger partial charge in [0.25, 0.3) is 0 Å². The van der Waals surface area contributed by atoms with Gasteiger partial charge in [-0.2, -0.15) is 5.26 Å². The highest BCUT2D eigenvalue weighted by Gasteiger charge is 2.20. The number of benzene rings is 1. The molecule has 2 rings (SSSR count). The Hall–Kier alpha value is -1.49. The quantitative estimate of drug-likeness (QED) is 0.772. The van der Waals surface area contributed by atoms with Crippen LogP contribution in [0.3, 0.4) is 0 Å². The lowest BCUT2D eigenvalue weighted by molar-refractivity contribution is 0.427. The Morgan fingerprint density at radius 2 is 1.94 bits per heavy atom. The molecule has 0 unspecified atom stereocenters. The normalized spacial score (nSPS) is 16.5. The predicted octanol–water partition coefficient (Wildman–Crippen LogP) is 3.64. The van der Waals surface area contributed by atoms with Crippen LogP contribution in [0.15, 0.2) is 18.2 Å². The first-order valence-electron chi connectivity index (χ1n) is 6.46. The number of rotatable bonds is 2. The van der Waals surface area contributed by atoms with Gasteiger partial charge in [-0.3, -0.25) is 0 Å². The van der Waals surface area contributed by atoms with E-state index in [4.69, 9.17) is 0 Å². The van der Waals surface area contributed by atoms with Crippen LogP contribution in [-0.4, -0.2) is 13.1 Å². The van der Waals surface area contributed by atoms with Crippen LogP contribution in [0.2, 0.25) is 0 Å². The molecule has 1 aliphatic rings. The molecule has 1 aliphatic carbocycles. The Kier molecular flexibility index (Phi) is 3.68. The maximum absolute atomic E-state index is 9.18. The van der Waals surface area contributed by atoms with E-state index >= 15 is 0 Å². The molecule has 0 aliphatic heterocycles. The summed E-state index contributed by atoms with van der Waals surface area (Å²) in [7, 11) is 2.13. The highest BCUT2D eigenvalue weighted by atomic mass is 15.1. The van der Waals surface area contributed by atoms with Gasteiger partial charge in [0.05, 0.1) is 11.3 Å². The highest BCUT2D eigenvalue weighted by molar-refractivity contribution is 5.60. The van der Waals surface area contributed by atoms with Crippen molar-refractivity contribution in [2.45, 2.75) is 45.1 Å². The lowest BCUT2D eigenvalue weighted by Gasteiger charge is -2.33. The molecule has 0 saturated heterocycles. The molecule has 1 aromatic rings. The molecule has 90 valence electrons. The molecular formula is C15H20N2. The molecule has 1 saturated carbocycles. The summed E-state index contributed by atoms with van der Waals surface area (Å²) in [5.74, 6) is 0. The standard InChI is InChI=1S/C15H20N2/c1-12-8-9-13(11-16)15(10-12)17(2)14-6-4-3-5-7-14/h8-10,14H,3-7H2,1-2H3.